The van der Waals surface area contributed by atoms with Gasteiger partial charge in [0.15, 0.2) is 0 Å². The molecule has 0 bridgehead atoms. The standard InChI is InChI=1S/C17H26N2O/c1-3-10-17(11-7-12-18-14-17)16(20)19(2)13-15-8-5-4-6-9-15/h4-6,8-9,18H,3,7,10-14H2,1-2H3. The first-order valence-corrected chi connectivity index (χ1v) is 7.68. The second-order valence-corrected chi connectivity index (χ2v) is 5.96. The molecular weight excluding hydrogens is 248 g/mol. The van der Waals surface area contributed by atoms with Crippen LogP contribution in [0.5, 0.6) is 0 Å². The Labute approximate surface area is 122 Å². The van der Waals surface area contributed by atoms with Crippen LogP contribution in [0.4, 0.5) is 0 Å². The van der Waals surface area contributed by atoms with Crippen LogP contribution >= 0.6 is 0 Å². The normalized spacial score (nSPS) is 22.5. The molecule has 0 spiro atoms. The highest BCUT2D eigenvalue weighted by Gasteiger charge is 2.40. The quantitative estimate of drug-likeness (QED) is 0.895. The van der Waals surface area contributed by atoms with Crippen molar-refractivity contribution in [1.29, 1.82) is 0 Å². The first kappa shape index (κ1) is 15.0. The third kappa shape index (κ3) is 3.40. The first-order chi connectivity index (χ1) is 9.68. The highest BCUT2D eigenvalue weighted by Crippen LogP contribution is 2.33. The smallest absolute Gasteiger partial charge is 0.230 e. The van der Waals surface area contributed by atoms with E-state index in [1.165, 1.54) is 5.56 Å². The van der Waals surface area contributed by atoms with E-state index in [0.29, 0.717) is 12.5 Å². The fraction of sp³-hybridized carbons (Fsp3) is 0.588. The molecule has 3 heteroatoms. The van der Waals surface area contributed by atoms with E-state index in [-0.39, 0.29) is 5.41 Å². The van der Waals surface area contributed by atoms with Gasteiger partial charge in [-0.2, -0.15) is 0 Å². The van der Waals surface area contributed by atoms with Gasteiger partial charge < -0.3 is 10.2 Å². The number of rotatable bonds is 5. The Morgan fingerprint density at radius 1 is 1.35 bits per heavy atom. The number of hydrogen-bond donors (Lipinski definition) is 1. The van der Waals surface area contributed by atoms with Gasteiger partial charge in [-0.15, -0.1) is 0 Å². The Balaban J connectivity index is 2.06. The Kier molecular flexibility index (Phi) is 5.18. The van der Waals surface area contributed by atoms with Crippen molar-refractivity contribution in [2.75, 3.05) is 20.1 Å². The number of carbonyl (C=O) groups is 1. The summed E-state index contributed by atoms with van der Waals surface area (Å²) in [6, 6.07) is 10.2. The summed E-state index contributed by atoms with van der Waals surface area (Å²) in [7, 11) is 1.93. The topological polar surface area (TPSA) is 32.3 Å². The molecule has 1 unspecified atom stereocenters. The maximum atomic E-state index is 12.9. The molecule has 1 saturated heterocycles. The van der Waals surface area contributed by atoms with Crippen molar-refractivity contribution in [1.82, 2.24) is 10.2 Å². The lowest BCUT2D eigenvalue weighted by atomic mass is 9.75. The predicted molar refractivity (Wildman–Crippen MR) is 82.4 cm³/mol. The molecule has 1 N–H and O–H groups in total. The van der Waals surface area contributed by atoms with E-state index in [4.69, 9.17) is 0 Å². The third-order valence-electron chi connectivity index (χ3n) is 4.26. The van der Waals surface area contributed by atoms with Crippen LogP contribution in [-0.4, -0.2) is 30.9 Å². The molecule has 1 amide bonds. The van der Waals surface area contributed by atoms with Crippen molar-refractivity contribution >= 4 is 5.91 Å². The lowest BCUT2D eigenvalue weighted by Gasteiger charge is -2.39. The average Bonchev–Trinajstić information content (AvgIpc) is 2.48. The molecule has 20 heavy (non-hydrogen) atoms. The number of amides is 1. The predicted octanol–water partition coefficient (Wildman–Crippen LogP) is 2.81. The van der Waals surface area contributed by atoms with Crippen molar-refractivity contribution in [2.45, 2.75) is 39.2 Å². The maximum absolute atomic E-state index is 12.9. The number of nitrogens with one attached hydrogen (secondary N) is 1. The molecular formula is C17H26N2O. The van der Waals surface area contributed by atoms with Crippen LogP contribution in [0, 0.1) is 5.41 Å². The van der Waals surface area contributed by atoms with Gasteiger partial charge in [-0.25, -0.2) is 0 Å². The SMILES string of the molecule is CCCC1(C(=O)N(C)Cc2ccccc2)CCCNC1. The molecule has 1 aromatic carbocycles. The second kappa shape index (κ2) is 6.89. The van der Waals surface area contributed by atoms with E-state index < -0.39 is 0 Å². The summed E-state index contributed by atoms with van der Waals surface area (Å²) < 4.78 is 0. The second-order valence-electron chi connectivity index (χ2n) is 5.96. The maximum Gasteiger partial charge on any atom is 0.230 e. The van der Waals surface area contributed by atoms with Crippen LogP contribution in [0.3, 0.4) is 0 Å². The molecule has 1 heterocycles. The Morgan fingerprint density at radius 3 is 2.70 bits per heavy atom. The van der Waals surface area contributed by atoms with Crippen LogP contribution in [0.25, 0.3) is 0 Å². The lowest BCUT2D eigenvalue weighted by molar-refractivity contribution is -0.143. The van der Waals surface area contributed by atoms with Gasteiger partial charge in [-0.3, -0.25) is 4.79 Å². The molecule has 3 nitrogen and oxygen atoms in total. The first-order valence-electron chi connectivity index (χ1n) is 7.68. The summed E-state index contributed by atoms with van der Waals surface area (Å²) in [5.74, 6) is 0.301. The number of hydrogen-bond acceptors (Lipinski definition) is 2. The van der Waals surface area contributed by atoms with E-state index in [0.717, 1.165) is 38.8 Å². The zero-order valence-electron chi connectivity index (χ0n) is 12.7. The summed E-state index contributed by atoms with van der Waals surface area (Å²) in [4.78, 5) is 14.8. The van der Waals surface area contributed by atoms with Crippen LogP contribution in [-0.2, 0) is 11.3 Å². The largest absolute Gasteiger partial charge is 0.341 e. The van der Waals surface area contributed by atoms with Crippen molar-refractivity contribution < 1.29 is 4.79 Å². The van der Waals surface area contributed by atoms with Crippen LogP contribution in [0.2, 0.25) is 0 Å². The highest BCUT2D eigenvalue weighted by molar-refractivity contribution is 5.83. The highest BCUT2D eigenvalue weighted by atomic mass is 16.2. The van der Waals surface area contributed by atoms with Gasteiger partial charge >= 0.3 is 0 Å². The number of piperidine rings is 1. The molecule has 1 fully saturated rings. The molecule has 0 radical (unpaired) electrons. The number of carbonyl (C=O) groups excluding carboxylic acids is 1. The van der Waals surface area contributed by atoms with Gasteiger partial charge in [0, 0.05) is 20.1 Å². The third-order valence-corrected chi connectivity index (χ3v) is 4.26. The van der Waals surface area contributed by atoms with Crippen LogP contribution in [0.15, 0.2) is 30.3 Å². The van der Waals surface area contributed by atoms with Gasteiger partial charge in [-0.1, -0.05) is 43.7 Å². The summed E-state index contributed by atoms with van der Waals surface area (Å²) in [5.41, 5.74) is 1.01. The minimum absolute atomic E-state index is 0.184. The summed E-state index contributed by atoms with van der Waals surface area (Å²) in [6.07, 6.45) is 4.17. The molecule has 1 aliphatic rings. The molecule has 1 aromatic rings. The van der Waals surface area contributed by atoms with E-state index in [2.05, 4.69) is 24.4 Å². The van der Waals surface area contributed by atoms with Gasteiger partial charge in [0.1, 0.15) is 0 Å². The van der Waals surface area contributed by atoms with Gasteiger partial charge in [0.2, 0.25) is 5.91 Å². The lowest BCUT2D eigenvalue weighted by Crippen LogP contribution is -2.50. The minimum atomic E-state index is -0.184. The Bertz CT molecular complexity index is 418. The number of nitrogens with zero attached hydrogens (tertiary/aromatic N) is 1. The average molecular weight is 274 g/mol. The fourth-order valence-electron chi connectivity index (χ4n) is 3.28. The monoisotopic (exact) mass is 274 g/mol. The molecule has 0 saturated carbocycles. The van der Waals surface area contributed by atoms with E-state index in [1.807, 2.05) is 30.1 Å². The molecule has 110 valence electrons. The van der Waals surface area contributed by atoms with Gasteiger partial charge in [0.05, 0.1) is 5.41 Å². The molecule has 1 atom stereocenters. The minimum Gasteiger partial charge on any atom is -0.341 e. The van der Waals surface area contributed by atoms with Crippen LogP contribution < -0.4 is 5.32 Å². The summed E-state index contributed by atoms with van der Waals surface area (Å²) in [5, 5.41) is 3.41. The molecule has 1 aliphatic heterocycles. The Morgan fingerprint density at radius 2 is 2.10 bits per heavy atom. The summed E-state index contributed by atoms with van der Waals surface area (Å²) >= 11 is 0. The van der Waals surface area contributed by atoms with Crippen molar-refractivity contribution in [2.24, 2.45) is 5.41 Å². The molecule has 2 rings (SSSR count). The van der Waals surface area contributed by atoms with Gasteiger partial charge in [-0.05, 0) is 31.4 Å². The Hall–Kier alpha value is -1.35. The molecule has 0 aromatic heterocycles. The zero-order valence-corrected chi connectivity index (χ0v) is 12.7. The van der Waals surface area contributed by atoms with Gasteiger partial charge in [0.25, 0.3) is 0 Å². The van der Waals surface area contributed by atoms with Crippen LogP contribution in [0.1, 0.15) is 38.2 Å². The van der Waals surface area contributed by atoms with Crippen molar-refractivity contribution in [3.8, 4) is 0 Å². The van der Waals surface area contributed by atoms with E-state index in [1.54, 1.807) is 0 Å². The zero-order chi connectivity index (χ0) is 14.4. The fourth-order valence-corrected chi connectivity index (χ4v) is 3.28. The van der Waals surface area contributed by atoms with Crippen molar-refractivity contribution in [3.63, 3.8) is 0 Å². The summed E-state index contributed by atoms with van der Waals surface area (Å²) in [6.45, 7) is 4.74. The number of benzene rings is 1. The van der Waals surface area contributed by atoms with E-state index in [9.17, 15) is 4.79 Å². The molecule has 0 aliphatic carbocycles. The van der Waals surface area contributed by atoms with E-state index >= 15 is 0 Å². The van der Waals surface area contributed by atoms with Crippen molar-refractivity contribution in [3.05, 3.63) is 35.9 Å².